The van der Waals surface area contributed by atoms with E-state index in [1.54, 1.807) is 12.4 Å². The minimum Gasteiger partial charge on any atom is -0.441 e. The molecule has 1 amide bonds. The molecule has 0 bridgehead atoms. The number of rotatable bonds is 7. The largest absolute Gasteiger partial charge is 0.441 e. The zero-order chi connectivity index (χ0) is 18.6. The lowest BCUT2D eigenvalue weighted by Crippen LogP contribution is -2.32. The number of hydrogen-bond acceptors (Lipinski definition) is 4. The van der Waals surface area contributed by atoms with Gasteiger partial charge in [0, 0.05) is 43.4 Å². The second-order valence-corrected chi connectivity index (χ2v) is 7.10. The van der Waals surface area contributed by atoms with Crippen molar-refractivity contribution in [3.05, 3.63) is 72.0 Å². The van der Waals surface area contributed by atoms with Crippen LogP contribution < -0.4 is 0 Å². The summed E-state index contributed by atoms with van der Waals surface area (Å²) in [4.78, 5) is 23.2. The van der Waals surface area contributed by atoms with Crippen LogP contribution in [0.15, 0.2) is 59.4 Å². The smallest absolute Gasteiger partial charge is 0.223 e. The van der Waals surface area contributed by atoms with E-state index in [2.05, 4.69) is 16.9 Å². The van der Waals surface area contributed by atoms with Crippen molar-refractivity contribution < 1.29 is 9.21 Å². The van der Waals surface area contributed by atoms with Gasteiger partial charge in [-0.1, -0.05) is 35.9 Å². The van der Waals surface area contributed by atoms with Crippen molar-refractivity contribution in [2.45, 2.75) is 45.2 Å². The molecule has 2 heterocycles. The van der Waals surface area contributed by atoms with Crippen LogP contribution in [0.3, 0.4) is 0 Å². The van der Waals surface area contributed by atoms with Crippen molar-refractivity contribution in [1.29, 1.82) is 0 Å². The van der Waals surface area contributed by atoms with Crippen molar-refractivity contribution >= 4 is 5.91 Å². The number of aromatic nitrogens is 2. The molecule has 27 heavy (non-hydrogen) atoms. The average molecular weight is 361 g/mol. The van der Waals surface area contributed by atoms with Crippen molar-refractivity contribution in [3.8, 4) is 11.3 Å². The number of nitrogens with zero attached hydrogens (tertiary/aromatic N) is 3. The van der Waals surface area contributed by atoms with Crippen molar-refractivity contribution in [2.24, 2.45) is 0 Å². The molecule has 0 unspecified atom stereocenters. The van der Waals surface area contributed by atoms with E-state index >= 15 is 0 Å². The van der Waals surface area contributed by atoms with Crippen LogP contribution in [0.2, 0.25) is 0 Å². The van der Waals surface area contributed by atoms with Crippen LogP contribution >= 0.6 is 0 Å². The molecule has 0 radical (unpaired) electrons. The lowest BCUT2D eigenvalue weighted by molar-refractivity contribution is -0.132. The number of aryl methyl sites for hydroxylation is 2. The highest BCUT2D eigenvalue weighted by Gasteiger charge is 2.32. The van der Waals surface area contributed by atoms with Crippen LogP contribution in [0.4, 0.5) is 0 Å². The molecular weight excluding hydrogens is 338 g/mol. The third kappa shape index (κ3) is 4.42. The molecule has 5 nitrogen and oxygen atoms in total. The van der Waals surface area contributed by atoms with Gasteiger partial charge in [0.1, 0.15) is 0 Å². The summed E-state index contributed by atoms with van der Waals surface area (Å²) in [6.45, 7) is 2.68. The fourth-order valence-corrected chi connectivity index (χ4v) is 3.13. The number of oxazole rings is 1. The molecule has 1 aliphatic carbocycles. The highest BCUT2D eigenvalue weighted by Crippen LogP contribution is 2.29. The Balaban J connectivity index is 1.37. The molecule has 138 valence electrons. The summed E-state index contributed by atoms with van der Waals surface area (Å²) < 4.78 is 5.84. The van der Waals surface area contributed by atoms with Gasteiger partial charge in [0.25, 0.3) is 0 Å². The normalized spacial score (nSPS) is 13.5. The van der Waals surface area contributed by atoms with Gasteiger partial charge in [-0.2, -0.15) is 0 Å². The van der Waals surface area contributed by atoms with Crippen LogP contribution in [0.5, 0.6) is 0 Å². The van der Waals surface area contributed by atoms with Crippen LogP contribution in [-0.4, -0.2) is 26.8 Å². The molecule has 1 fully saturated rings. The Hall–Kier alpha value is -2.95. The summed E-state index contributed by atoms with van der Waals surface area (Å²) in [6, 6.07) is 12.4. The van der Waals surface area contributed by atoms with Crippen LogP contribution in [0.25, 0.3) is 11.3 Å². The van der Waals surface area contributed by atoms with Gasteiger partial charge < -0.3 is 9.32 Å². The molecule has 1 aromatic carbocycles. The number of carbonyl (C=O) groups is 1. The van der Waals surface area contributed by atoms with E-state index in [1.165, 1.54) is 5.56 Å². The summed E-state index contributed by atoms with van der Waals surface area (Å²) in [5, 5.41) is 0. The van der Waals surface area contributed by atoms with Crippen molar-refractivity contribution in [2.75, 3.05) is 0 Å². The summed E-state index contributed by atoms with van der Waals surface area (Å²) in [5.74, 6) is 1.50. The first kappa shape index (κ1) is 17.5. The molecule has 0 saturated heterocycles. The summed E-state index contributed by atoms with van der Waals surface area (Å²) >= 11 is 0. The van der Waals surface area contributed by atoms with E-state index in [1.807, 2.05) is 47.5 Å². The second kappa shape index (κ2) is 7.74. The third-order valence-corrected chi connectivity index (χ3v) is 4.83. The molecule has 0 spiro atoms. The van der Waals surface area contributed by atoms with Gasteiger partial charge in [-0.25, -0.2) is 4.98 Å². The maximum absolute atomic E-state index is 12.8. The quantitative estimate of drug-likeness (QED) is 0.634. The van der Waals surface area contributed by atoms with Crippen LogP contribution in [-0.2, 0) is 17.8 Å². The molecule has 2 aromatic heterocycles. The molecule has 5 heteroatoms. The number of pyridine rings is 1. The fourth-order valence-electron chi connectivity index (χ4n) is 3.13. The first-order valence-electron chi connectivity index (χ1n) is 9.39. The van der Waals surface area contributed by atoms with E-state index < -0.39 is 0 Å². The van der Waals surface area contributed by atoms with E-state index in [-0.39, 0.29) is 5.91 Å². The Labute approximate surface area is 159 Å². The average Bonchev–Trinajstić information content (AvgIpc) is 3.43. The number of amides is 1. The molecule has 0 aliphatic heterocycles. The minimum atomic E-state index is 0.149. The molecular formula is C22H23N3O2. The Morgan fingerprint density at radius 1 is 1.19 bits per heavy atom. The number of benzene rings is 1. The van der Waals surface area contributed by atoms with E-state index in [0.29, 0.717) is 31.3 Å². The standard InChI is InChI=1S/C22H23N3O2/c1-16-4-6-18(7-5-16)20-14-24-21(27-20)10-11-22(26)25(19-8-9-19)15-17-3-2-12-23-13-17/h2-7,12-14,19H,8-11,15H2,1H3. The first-order valence-corrected chi connectivity index (χ1v) is 9.39. The van der Waals surface area contributed by atoms with Crippen molar-refractivity contribution in [1.82, 2.24) is 14.9 Å². The summed E-state index contributed by atoms with van der Waals surface area (Å²) in [7, 11) is 0. The predicted octanol–water partition coefficient (Wildman–Crippen LogP) is 4.17. The van der Waals surface area contributed by atoms with Gasteiger partial charge in [0.05, 0.1) is 6.20 Å². The van der Waals surface area contributed by atoms with E-state index in [9.17, 15) is 4.79 Å². The van der Waals surface area contributed by atoms with E-state index in [4.69, 9.17) is 4.42 Å². The lowest BCUT2D eigenvalue weighted by Gasteiger charge is -2.22. The van der Waals surface area contributed by atoms with Crippen molar-refractivity contribution in [3.63, 3.8) is 0 Å². The van der Waals surface area contributed by atoms with Crippen LogP contribution in [0.1, 0.15) is 36.3 Å². The van der Waals surface area contributed by atoms with Crippen LogP contribution in [0, 0.1) is 6.92 Å². The van der Waals surface area contributed by atoms with Gasteiger partial charge in [-0.3, -0.25) is 9.78 Å². The number of hydrogen-bond donors (Lipinski definition) is 0. The minimum absolute atomic E-state index is 0.149. The second-order valence-electron chi connectivity index (χ2n) is 7.10. The Morgan fingerprint density at radius 3 is 2.70 bits per heavy atom. The molecule has 1 aliphatic rings. The predicted molar refractivity (Wildman–Crippen MR) is 103 cm³/mol. The van der Waals surface area contributed by atoms with Gasteiger partial charge in [0.2, 0.25) is 5.91 Å². The zero-order valence-corrected chi connectivity index (χ0v) is 15.5. The molecule has 1 saturated carbocycles. The fraction of sp³-hybridized carbons (Fsp3) is 0.318. The zero-order valence-electron chi connectivity index (χ0n) is 15.5. The monoisotopic (exact) mass is 361 g/mol. The SMILES string of the molecule is Cc1ccc(-c2cnc(CCC(=O)N(Cc3cccnc3)C3CC3)o2)cc1. The Kier molecular flexibility index (Phi) is 5.01. The van der Waals surface area contributed by atoms with Gasteiger partial charge in [0.15, 0.2) is 11.7 Å². The highest BCUT2D eigenvalue weighted by atomic mass is 16.4. The maximum Gasteiger partial charge on any atom is 0.223 e. The Bertz CT molecular complexity index is 899. The van der Waals surface area contributed by atoms with Gasteiger partial charge in [-0.05, 0) is 31.4 Å². The molecule has 3 aromatic rings. The first-order chi connectivity index (χ1) is 13.2. The highest BCUT2D eigenvalue weighted by molar-refractivity contribution is 5.77. The van der Waals surface area contributed by atoms with Gasteiger partial charge in [-0.15, -0.1) is 0 Å². The molecule has 0 atom stereocenters. The topological polar surface area (TPSA) is 59.2 Å². The Morgan fingerprint density at radius 2 is 2.00 bits per heavy atom. The summed E-state index contributed by atoms with van der Waals surface area (Å²) in [5.41, 5.74) is 3.27. The summed E-state index contributed by atoms with van der Waals surface area (Å²) in [6.07, 6.45) is 8.40. The lowest BCUT2D eigenvalue weighted by atomic mass is 10.1. The van der Waals surface area contributed by atoms with Gasteiger partial charge >= 0.3 is 0 Å². The number of carbonyl (C=O) groups excluding carboxylic acids is 1. The molecule has 4 rings (SSSR count). The third-order valence-electron chi connectivity index (χ3n) is 4.83. The van der Waals surface area contributed by atoms with E-state index in [0.717, 1.165) is 29.7 Å². The maximum atomic E-state index is 12.8. The molecule has 0 N–H and O–H groups in total.